The highest BCUT2D eigenvalue weighted by atomic mass is 32.2. The number of nitriles is 1. The zero-order chi connectivity index (χ0) is 9.23. The van der Waals surface area contributed by atoms with E-state index >= 15 is 0 Å². The van der Waals surface area contributed by atoms with Crippen molar-refractivity contribution in [3.63, 3.8) is 0 Å². The number of hydrogen-bond donors (Lipinski definition) is 1. The lowest BCUT2D eigenvalue weighted by Gasteiger charge is -2.08. The van der Waals surface area contributed by atoms with E-state index in [1.54, 1.807) is 0 Å². The minimum absolute atomic E-state index is 0.678. The maximum absolute atomic E-state index is 8.29. The van der Waals surface area contributed by atoms with Crippen LogP contribution >= 0.6 is 11.8 Å². The zero-order valence-corrected chi connectivity index (χ0v) is 8.57. The predicted molar refractivity (Wildman–Crippen MR) is 55.1 cm³/mol. The third kappa shape index (κ3) is 7.90. The second kappa shape index (κ2) is 8.89. The molecular formula is C9H18N2S. The molecule has 70 valence electrons. The fourth-order valence-corrected chi connectivity index (χ4v) is 1.98. The summed E-state index contributed by atoms with van der Waals surface area (Å²) >= 11 is 1.96. The van der Waals surface area contributed by atoms with Crippen LogP contribution in [-0.4, -0.2) is 17.5 Å². The molecule has 0 saturated carbocycles. The molecule has 0 radical (unpaired) electrons. The van der Waals surface area contributed by atoms with Crippen molar-refractivity contribution in [2.75, 3.05) is 12.3 Å². The van der Waals surface area contributed by atoms with E-state index < -0.39 is 0 Å². The summed E-state index contributed by atoms with van der Waals surface area (Å²) in [6.07, 6.45) is 4.00. The van der Waals surface area contributed by atoms with Crippen LogP contribution in [-0.2, 0) is 0 Å². The van der Waals surface area contributed by atoms with Crippen LogP contribution in [0.4, 0.5) is 0 Å². The predicted octanol–water partition coefficient (Wildman–Crippen LogP) is 2.15. The maximum Gasteiger partial charge on any atom is 0.0621 e. The molecule has 0 aliphatic rings. The van der Waals surface area contributed by atoms with Crippen molar-refractivity contribution in [3.8, 4) is 6.07 Å². The molecule has 0 heterocycles. The van der Waals surface area contributed by atoms with Crippen molar-refractivity contribution < 1.29 is 0 Å². The van der Waals surface area contributed by atoms with Crippen LogP contribution < -0.4 is 5.73 Å². The highest BCUT2D eigenvalue weighted by Crippen LogP contribution is 2.15. The van der Waals surface area contributed by atoms with Gasteiger partial charge in [-0.3, -0.25) is 0 Å². The Labute approximate surface area is 79.5 Å². The molecule has 0 amide bonds. The van der Waals surface area contributed by atoms with E-state index in [0.717, 1.165) is 25.8 Å². The summed E-state index contributed by atoms with van der Waals surface area (Å²) in [5, 5.41) is 8.96. The summed E-state index contributed by atoms with van der Waals surface area (Å²) < 4.78 is 0. The van der Waals surface area contributed by atoms with Gasteiger partial charge in [0.2, 0.25) is 0 Å². The minimum atomic E-state index is 0.678. The molecule has 0 rings (SSSR count). The average molecular weight is 186 g/mol. The molecule has 0 aliphatic carbocycles. The number of nitrogens with two attached hydrogens (primary N) is 1. The molecule has 0 aromatic carbocycles. The van der Waals surface area contributed by atoms with Crippen molar-refractivity contribution in [1.29, 1.82) is 5.26 Å². The smallest absolute Gasteiger partial charge is 0.0621 e. The van der Waals surface area contributed by atoms with Gasteiger partial charge in [-0.1, -0.05) is 6.92 Å². The van der Waals surface area contributed by atoms with Gasteiger partial charge in [-0.2, -0.15) is 17.0 Å². The lowest BCUT2D eigenvalue weighted by molar-refractivity contribution is 0.805. The van der Waals surface area contributed by atoms with Crippen LogP contribution in [0, 0.1) is 11.3 Å². The number of rotatable bonds is 7. The van der Waals surface area contributed by atoms with Gasteiger partial charge in [0.25, 0.3) is 0 Å². The molecule has 3 heteroatoms. The van der Waals surface area contributed by atoms with Crippen LogP contribution in [0.15, 0.2) is 0 Å². The normalized spacial score (nSPS) is 12.4. The Morgan fingerprint density at radius 2 is 2.25 bits per heavy atom. The van der Waals surface area contributed by atoms with Gasteiger partial charge in [0.05, 0.1) is 6.07 Å². The Morgan fingerprint density at radius 3 is 2.83 bits per heavy atom. The summed E-state index contributed by atoms with van der Waals surface area (Å²) in [5.41, 5.74) is 5.42. The van der Waals surface area contributed by atoms with Crippen molar-refractivity contribution in [2.24, 2.45) is 5.73 Å². The van der Waals surface area contributed by atoms with E-state index in [4.69, 9.17) is 11.0 Å². The Morgan fingerprint density at radius 1 is 1.50 bits per heavy atom. The third-order valence-corrected chi connectivity index (χ3v) is 2.99. The van der Waals surface area contributed by atoms with E-state index in [1.807, 2.05) is 11.8 Å². The van der Waals surface area contributed by atoms with E-state index in [0.29, 0.717) is 11.7 Å². The van der Waals surface area contributed by atoms with Crippen molar-refractivity contribution in [3.05, 3.63) is 0 Å². The van der Waals surface area contributed by atoms with E-state index in [9.17, 15) is 0 Å². The van der Waals surface area contributed by atoms with Crippen LogP contribution in [0.25, 0.3) is 0 Å². The topological polar surface area (TPSA) is 49.8 Å². The molecule has 0 spiro atoms. The molecule has 1 atom stereocenters. The molecule has 0 aliphatic heterocycles. The summed E-state index contributed by atoms with van der Waals surface area (Å²) in [6, 6.07) is 2.15. The molecule has 0 aromatic rings. The second-order valence-electron chi connectivity index (χ2n) is 2.87. The first-order valence-electron chi connectivity index (χ1n) is 4.50. The first kappa shape index (κ1) is 11.8. The van der Waals surface area contributed by atoms with Crippen molar-refractivity contribution in [1.82, 2.24) is 0 Å². The lowest BCUT2D eigenvalue weighted by atomic mass is 10.3. The van der Waals surface area contributed by atoms with Gasteiger partial charge in [0.15, 0.2) is 0 Å². The van der Waals surface area contributed by atoms with E-state index in [-0.39, 0.29) is 0 Å². The molecule has 0 aromatic heterocycles. The highest BCUT2D eigenvalue weighted by molar-refractivity contribution is 7.99. The van der Waals surface area contributed by atoms with Crippen molar-refractivity contribution in [2.45, 2.75) is 37.9 Å². The first-order chi connectivity index (χ1) is 5.81. The lowest BCUT2D eigenvalue weighted by Crippen LogP contribution is -2.07. The fraction of sp³-hybridized carbons (Fsp3) is 0.889. The summed E-state index contributed by atoms with van der Waals surface area (Å²) in [4.78, 5) is 0. The summed E-state index contributed by atoms with van der Waals surface area (Å²) in [7, 11) is 0. The summed E-state index contributed by atoms with van der Waals surface area (Å²) in [5.74, 6) is 1.17. The zero-order valence-electron chi connectivity index (χ0n) is 7.75. The van der Waals surface area contributed by atoms with E-state index in [1.165, 1.54) is 5.75 Å². The molecule has 2 N–H and O–H groups in total. The number of unbranched alkanes of at least 4 members (excludes halogenated alkanes) is 2. The molecule has 12 heavy (non-hydrogen) atoms. The molecule has 0 bridgehead atoms. The van der Waals surface area contributed by atoms with E-state index in [2.05, 4.69) is 13.0 Å². The van der Waals surface area contributed by atoms with Crippen LogP contribution in [0.5, 0.6) is 0 Å². The van der Waals surface area contributed by atoms with Gasteiger partial charge in [0.1, 0.15) is 0 Å². The SMILES string of the molecule is CC(CCN)SCCCCC#N. The Bertz CT molecular complexity index is 131. The van der Waals surface area contributed by atoms with Gasteiger partial charge >= 0.3 is 0 Å². The van der Waals surface area contributed by atoms with Gasteiger partial charge in [-0.25, -0.2) is 0 Å². The molecular weight excluding hydrogens is 168 g/mol. The molecule has 0 saturated heterocycles. The van der Waals surface area contributed by atoms with Crippen LogP contribution in [0.2, 0.25) is 0 Å². The van der Waals surface area contributed by atoms with Crippen LogP contribution in [0.1, 0.15) is 32.6 Å². The fourth-order valence-electron chi connectivity index (χ4n) is 0.909. The minimum Gasteiger partial charge on any atom is -0.330 e. The average Bonchev–Trinajstić information content (AvgIpc) is 2.05. The standard InChI is InChI=1S/C9H18N2S/c1-9(5-7-11)12-8-4-2-3-6-10/h9H,2-5,7-8,11H2,1H3. The van der Waals surface area contributed by atoms with Crippen molar-refractivity contribution >= 4 is 11.8 Å². The molecule has 2 nitrogen and oxygen atoms in total. The molecule has 1 unspecified atom stereocenters. The van der Waals surface area contributed by atoms with Gasteiger partial charge in [-0.05, 0) is 31.6 Å². The van der Waals surface area contributed by atoms with Gasteiger partial charge < -0.3 is 5.73 Å². The second-order valence-corrected chi connectivity index (χ2v) is 4.42. The highest BCUT2D eigenvalue weighted by Gasteiger charge is 1.99. The maximum atomic E-state index is 8.29. The monoisotopic (exact) mass is 186 g/mol. The Kier molecular flexibility index (Phi) is 8.74. The molecule has 0 fully saturated rings. The largest absolute Gasteiger partial charge is 0.330 e. The Hall–Kier alpha value is -0.200. The third-order valence-electron chi connectivity index (χ3n) is 1.66. The number of hydrogen-bond acceptors (Lipinski definition) is 3. The van der Waals surface area contributed by atoms with Gasteiger partial charge in [0, 0.05) is 11.7 Å². The summed E-state index contributed by atoms with van der Waals surface area (Å²) in [6.45, 7) is 2.99. The van der Waals surface area contributed by atoms with Crippen LogP contribution in [0.3, 0.4) is 0 Å². The van der Waals surface area contributed by atoms with Gasteiger partial charge in [-0.15, -0.1) is 0 Å². The first-order valence-corrected chi connectivity index (χ1v) is 5.54. The number of nitrogens with zero attached hydrogens (tertiary/aromatic N) is 1. The number of thioether (sulfide) groups is 1. The Balaban J connectivity index is 3.04. The quantitative estimate of drug-likeness (QED) is 0.620.